The van der Waals surface area contributed by atoms with Crippen molar-refractivity contribution in [2.24, 2.45) is 0 Å². The third kappa shape index (κ3) is 22.9. The molecule has 0 unspecified atom stereocenters. The van der Waals surface area contributed by atoms with Gasteiger partial charge in [-0.25, -0.2) is 0 Å². The molecule has 0 bridgehead atoms. The zero-order valence-corrected chi connectivity index (χ0v) is 18.5. The molecule has 0 spiro atoms. The molecule has 0 aromatic rings. The average Bonchev–Trinajstić information content (AvgIpc) is 2.65. The molecule has 0 saturated carbocycles. The Morgan fingerprint density at radius 3 is 1.93 bits per heavy atom. The second-order valence-corrected chi connectivity index (χ2v) is 7.84. The van der Waals surface area contributed by atoms with Crippen LogP contribution in [0.15, 0.2) is 24.3 Å². The number of nitrogens with one attached hydrogen (secondary N) is 1. The highest BCUT2D eigenvalue weighted by Gasteiger charge is 2.00. The molecule has 0 rings (SSSR count). The summed E-state index contributed by atoms with van der Waals surface area (Å²) in [6.07, 6.45) is 26.4. The lowest BCUT2D eigenvalue weighted by Gasteiger charge is -2.09. The number of hydrogen-bond donors (Lipinski definition) is 1. The first-order valence-electron chi connectivity index (χ1n) is 11.4. The van der Waals surface area contributed by atoms with E-state index < -0.39 is 0 Å². The van der Waals surface area contributed by atoms with Crippen molar-refractivity contribution in [3.8, 4) is 0 Å². The summed E-state index contributed by atoms with van der Waals surface area (Å²) in [5, 5.41) is 3.01. The van der Waals surface area contributed by atoms with Crippen molar-refractivity contribution < 1.29 is 4.79 Å². The topological polar surface area (TPSA) is 32.3 Å². The lowest BCUT2D eigenvalue weighted by atomic mass is 10.1. The predicted octanol–water partition coefficient (Wildman–Crippen LogP) is 6.26. The van der Waals surface area contributed by atoms with Crippen LogP contribution in [0.2, 0.25) is 0 Å². The summed E-state index contributed by atoms with van der Waals surface area (Å²) in [6, 6.07) is 0. The molecule has 0 heterocycles. The van der Waals surface area contributed by atoms with Crippen LogP contribution in [0.4, 0.5) is 0 Å². The molecular weight excluding hydrogens is 332 g/mol. The second kappa shape index (κ2) is 21.2. The van der Waals surface area contributed by atoms with Gasteiger partial charge in [0.1, 0.15) is 0 Å². The minimum absolute atomic E-state index is 0.184. The van der Waals surface area contributed by atoms with E-state index in [9.17, 15) is 4.79 Å². The van der Waals surface area contributed by atoms with Crippen LogP contribution in [0.1, 0.15) is 96.8 Å². The maximum absolute atomic E-state index is 11.6. The standard InChI is InChI=1S/C24H46N2O/c1-4-5-6-7-8-9-10-11-12-13-14-15-16-17-18-19-20-22-25-24(27)21-23-26(2)3/h8-9,11-12H,4-7,10,13-23H2,1-3H3,(H,25,27)/b9-8-,12-11-. The van der Waals surface area contributed by atoms with Crippen LogP contribution in [-0.4, -0.2) is 38.0 Å². The Kier molecular flexibility index (Phi) is 20.4. The number of rotatable bonds is 19. The predicted molar refractivity (Wildman–Crippen MR) is 120 cm³/mol. The van der Waals surface area contributed by atoms with Crippen LogP contribution >= 0.6 is 0 Å². The van der Waals surface area contributed by atoms with Crippen LogP contribution in [0.5, 0.6) is 0 Å². The Hall–Kier alpha value is -1.09. The summed E-state index contributed by atoms with van der Waals surface area (Å²) in [7, 11) is 3.99. The molecule has 3 nitrogen and oxygen atoms in total. The molecule has 0 saturated heterocycles. The quantitative estimate of drug-likeness (QED) is 0.212. The Morgan fingerprint density at radius 2 is 1.33 bits per heavy atom. The van der Waals surface area contributed by atoms with E-state index in [2.05, 4.69) is 36.5 Å². The minimum atomic E-state index is 0.184. The number of nitrogens with zero attached hydrogens (tertiary/aromatic N) is 1. The molecular formula is C24H46N2O. The van der Waals surface area contributed by atoms with Crippen LogP contribution in [0, 0.1) is 0 Å². The first-order chi connectivity index (χ1) is 13.2. The molecule has 0 aliphatic rings. The van der Waals surface area contributed by atoms with Crippen LogP contribution in [0.3, 0.4) is 0 Å². The summed E-state index contributed by atoms with van der Waals surface area (Å²) in [5.41, 5.74) is 0. The summed E-state index contributed by atoms with van der Waals surface area (Å²) >= 11 is 0. The van der Waals surface area contributed by atoms with Crippen molar-refractivity contribution in [1.82, 2.24) is 10.2 Å². The molecule has 1 amide bonds. The number of amides is 1. The molecule has 0 aromatic carbocycles. The number of hydrogen-bond acceptors (Lipinski definition) is 2. The number of unbranched alkanes of at least 4 members (excludes halogenated alkanes) is 10. The Balaban J connectivity index is 3.22. The first kappa shape index (κ1) is 25.9. The molecule has 0 aromatic heterocycles. The molecule has 3 heteroatoms. The van der Waals surface area contributed by atoms with Crippen molar-refractivity contribution in [1.29, 1.82) is 0 Å². The molecule has 27 heavy (non-hydrogen) atoms. The highest BCUT2D eigenvalue weighted by atomic mass is 16.1. The van der Waals surface area contributed by atoms with Crippen LogP contribution in [0.25, 0.3) is 0 Å². The van der Waals surface area contributed by atoms with E-state index in [0.29, 0.717) is 6.42 Å². The highest BCUT2D eigenvalue weighted by molar-refractivity contribution is 5.75. The van der Waals surface area contributed by atoms with Gasteiger partial charge < -0.3 is 10.2 Å². The highest BCUT2D eigenvalue weighted by Crippen LogP contribution is 2.09. The van der Waals surface area contributed by atoms with E-state index in [4.69, 9.17) is 0 Å². The largest absolute Gasteiger partial charge is 0.356 e. The number of carbonyl (C=O) groups excluding carboxylic acids is 1. The zero-order chi connectivity index (χ0) is 20.0. The lowest BCUT2D eigenvalue weighted by molar-refractivity contribution is -0.121. The number of allylic oxidation sites excluding steroid dienone is 4. The Labute approximate surface area is 169 Å². The minimum Gasteiger partial charge on any atom is -0.356 e. The van der Waals surface area contributed by atoms with Crippen molar-refractivity contribution in [2.45, 2.75) is 96.8 Å². The Morgan fingerprint density at radius 1 is 0.778 bits per heavy atom. The van der Waals surface area contributed by atoms with Crippen LogP contribution in [-0.2, 0) is 4.79 Å². The third-order valence-electron chi connectivity index (χ3n) is 4.74. The molecule has 0 radical (unpaired) electrons. The monoisotopic (exact) mass is 378 g/mol. The zero-order valence-electron chi connectivity index (χ0n) is 18.5. The SMILES string of the molecule is CCCCC/C=C\C/C=C\CCCCCCCCCNC(=O)CCN(C)C. The summed E-state index contributed by atoms with van der Waals surface area (Å²) in [5.74, 6) is 0.184. The normalized spacial score (nSPS) is 11.9. The molecule has 1 N–H and O–H groups in total. The Bertz CT molecular complexity index is 375. The summed E-state index contributed by atoms with van der Waals surface area (Å²) in [6.45, 7) is 3.92. The van der Waals surface area contributed by atoms with Crippen molar-refractivity contribution >= 4 is 5.91 Å². The molecule has 0 aliphatic heterocycles. The summed E-state index contributed by atoms with van der Waals surface area (Å²) < 4.78 is 0. The van der Waals surface area contributed by atoms with Crippen molar-refractivity contribution in [3.63, 3.8) is 0 Å². The van der Waals surface area contributed by atoms with Gasteiger partial charge in [-0.15, -0.1) is 0 Å². The van der Waals surface area contributed by atoms with E-state index in [1.165, 1.54) is 70.6 Å². The van der Waals surface area contributed by atoms with Gasteiger partial charge in [0.25, 0.3) is 0 Å². The van der Waals surface area contributed by atoms with Gasteiger partial charge in [-0.05, 0) is 52.6 Å². The molecule has 0 atom stereocenters. The van der Waals surface area contributed by atoms with Gasteiger partial charge in [0, 0.05) is 19.5 Å². The van der Waals surface area contributed by atoms with E-state index >= 15 is 0 Å². The van der Waals surface area contributed by atoms with E-state index in [-0.39, 0.29) is 5.91 Å². The van der Waals surface area contributed by atoms with E-state index in [0.717, 1.165) is 25.9 Å². The smallest absolute Gasteiger partial charge is 0.221 e. The van der Waals surface area contributed by atoms with Gasteiger partial charge >= 0.3 is 0 Å². The summed E-state index contributed by atoms with van der Waals surface area (Å²) in [4.78, 5) is 13.6. The average molecular weight is 379 g/mol. The van der Waals surface area contributed by atoms with Gasteiger partial charge in [0.2, 0.25) is 5.91 Å². The molecule has 0 aliphatic carbocycles. The fourth-order valence-electron chi connectivity index (χ4n) is 2.93. The first-order valence-corrected chi connectivity index (χ1v) is 11.4. The van der Waals surface area contributed by atoms with E-state index in [1.54, 1.807) is 0 Å². The van der Waals surface area contributed by atoms with Gasteiger partial charge in [0.05, 0.1) is 0 Å². The molecule has 158 valence electrons. The van der Waals surface area contributed by atoms with Gasteiger partial charge in [-0.3, -0.25) is 4.79 Å². The number of carbonyl (C=O) groups is 1. The molecule has 0 fully saturated rings. The van der Waals surface area contributed by atoms with Gasteiger partial charge in [-0.1, -0.05) is 76.2 Å². The second-order valence-electron chi connectivity index (χ2n) is 7.84. The fourth-order valence-corrected chi connectivity index (χ4v) is 2.93. The van der Waals surface area contributed by atoms with Gasteiger partial charge in [0.15, 0.2) is 0 Å². The van der Waals surface area contributed by atoms with Crippen molar-refractivity contribution in [2.75, 3.05) is 27.2 Å². The van der Waals surface area contributed by atoms with Gasteiger partial charge in [-0.2, -0.15) is 0 Å². The fraction of sp³-hybridized carbons (Fsp3) is 0.792. The van der Waals surface area contributed by atoms with Crippen LogP contribution < -0.4 is 5.32 Å². The van der Waals surface area contributed by atoms with Crippen molar-refractivity contribution in [3.05, 3.63) is 24.3 Å². The maximum Gasteiger partial charge on any atom is 0.221 e. The third-order valence-corrected chi connectivity index (χ3v) is 4.74. The van der Waals surface area contributed by atoms with E-state index in [1.807, 2.05) is 19.0 Å². The maximum atomic E-state index is 11.6. The lowest BCUT2D eigenvalue weighted by Crippen LogP contribution is -2.28.